The van der Waals surface area contributed by atoms with Crippen molar-refractivity contribution in [2.45, 2.75) is 38.1 Å². The highest BCUT2D eigenvalue weighted by Crippen LogP contribution is 2.22. The van der Waals surface area contributed by atoms with Crippen LogP contribution in [0.15, 0.2) is 35.5 Å². The summed E-state index contributed by atoms with van der Waals surface area (Å²) in [6.45, 7) is 7.04. The summed E-state index contributed by atoms with van der Waals surface area (Å²) in [5, 5.41) is 5.76. The fraction of sp³-hybridized carbons (Fsp3) is 0.294. The number of hydrogen-bond acceptors (Lipinski definition) is 5. The Balaban J connectivity index is 2.02. The van der Waals surface area contributed by atoms with Crippen molar-refractivity contribution in [1.29, 1.82) is 0 Å². The van der Waals surface area contributed by atoms with Gasteiger partial charge in [-0.3, -0.25) is 9.59 Å². The third kappa shape index (κ3) is 5.34. The molecule has 1 aromatic carbocycles. The largest absolute Gasteiger partial charge is 0.326 e. The molecule has 0 saturated carbocycles. The van der Waals surface area contributed by atoms with Crippen molar-refractivity contribution >= 4 is 35.0 Å². The molecule has 2 amide bonds. The molecule has 0 aliphatic carbocycles. The quantitative estimate of drug-likeness (QED) is 0.643. The van der Waals surface area contributed by atoms with Crippen molar-refractivity contribution < 1.29 is 9.59 Å². The van der Waals surface area contributed by atoms with E-state index in [1.807, 2.05) is 19.9 Å². The van der Waals surface area contributed by atoms with Crippen molar-refractivity contribution in [1.82, 2.24) is 9.97 Å². The van der Waals surface area contributed by atoms with Crippen LogP contribution in [0.4, 0.5) is 11.4 Å². The zero-order valence-corrected chi connectivity index (χ0v) is 14.9. The number of benzene rings is 1. The first-order valence-electron chi connectivity index (χ1n) is 7.51. The summed E-state index contributed by atoms with van der Waals surface area (Å²) in [6, 6.07) is 8.91. The lowest BCUT2D eigenvalue weighted by molar-refractivity contribution is -0.115. The van der Waals surface area contributed by atoms with Gasteiger partial charge in [0.25, 0.3) is 0 Å². The van der Waals surface area contributed by atoms with Gasteiger partial charge in [-0.1, -0.05) is 17.8 Å². The molecular weight excluding hydrogens is 324 g/mol. The first kappa shape index (κ1) is 17.9. The number of thioether (sulfide) groups is 1. The fourth-order valence-corrected chi connectivity index (χ4v) is 2.96. The van der Waals surface area contributed by atoms with Gasteiger partial charge in [-0.15, -0.1) is 0 Å². The fourth-order valence-electron chi connectivity index (χ4n) is 2.08. The second kappa shape index (κ2) is 7.92. The summed E-state index contributed by atoms with van der Waals surface area (Å²) in [6.07, 6.45) is 0. The number of aryl methyl sites for hydroxylation is 2. The van der Waals surface area contributed by atoms with E-state index in [0.29, 0.717) is 16.5 Å². The molecule has 2 aromatic rings. The van der Waals surface area contributed by atoms with Gasteiger partial charge in [-0.05, 0) is 45.0 Å². The molecule has 1 aromatic heterocycles. The normalized spacial score (nSPS) is 11.7. The van der Waals surface area contributed by atoms with Crippen LogP contribution in [0.25, 0.3) is 0 Å². The topological polar surface area (TPSA) is 84.0 Å². The Kier molecular flexibility index (Phi) is 5.92. The standard InChI is InChI=1S/C17H20N4O2S/c1-10-8-11(2)19-17(18-10)24-12(3)16(23)21-15-7-5-6-14(9-15)20-13(4)22/h5-9,12H,1-4H3,(H,20,22)(H,21,23). The molecule has 0 aliphatic heterocycles. The van der Waals surface area contributed by atoms with E-state index in [9.17, 15) is 9.59 Å². The first-order chi connectivity index (χ1) is 11.3. The second-order valence-corrected chi connectivity index (χ2v) is 6.75. The van der Waals surface area contributed by atoms with Gasteiger partial charge in [0.15, 0.2) is 5.16 Å². The van der Waals surface area contributed by atoms with Crippen LogP contribution in [-0.2, 0) is 9.59 Å². The predicted octanol–water partition coefficient (Wildman–Crippen LogP) is 3.17. The highest BCUT2D eigenvalue weighted by molar-refractivity contribution is 8.00. The number of carbonyl (C=O) groups is 2. The van der Waals surface area contributed by atoms with E-state index in [1.54, 1.807) is 31.2 Å². The molecule has 0 radical (unpaired) electrons. The summed E-state index contributed by atoms with van der Waals surface area (Å²) in [7, 11) is 0. The third-order valence-corrected chi connectivity index (χ3v) is 4.02. The monoisotopic (exact) mass is 344 g/mol. The van der Waals surface area contributed by atoms with E-state index < -0.39 is 0 Å². The first-order valence-corrected chi connectivity index (χ1v) is 8.39. The number of aromatic nitrogens is 2. The van der Waals surface area contributed by atoms with E-state index in [1.165, 1.54) is 18.7 Å². The molecular formula is C17H20N4O2S. The van der Waals surface area contributed by atoms with Crippen molar-refractivity contribution in [2.24, 2.45) is 0 Å². The lowest BCUT2D eigenvalue weighted by atomic mass is 10.2. The van der Waals surface area contributed by atoms with E-state index >= 15 is 0 Å². The number of anilines is 2. The van der Waals surface area contributed by atoms with Crippen molar-refractivity contribution in [3.63, 3.8) is 0 Å². The van der Waals surface area contributed by atoms with E-state index in [-0.39, 0.29) is 17.1 Å². The summed E-state index contributed by atoms with van der Waals surface area (Å²) in [4.78, 5) is 32.1. The summed E-state index contributed by atoms with van der Waals surface area (Å²) < 4.78 is 0. The molecule has 2 N–H and O–H groups in total. The highest BCUT2D eigenvalue weighted by atomic mass is 32.2. The second-order valence-electron chi connectivity index (χ2n) is 5.44. The Morgan fingerprint density at radius 1 is 1.04 bits per heavy atom. The van der Waals surface area contributed by atoms with E-state index in [0.717, 1.165) is 11.4 Å². The van der Waals surface area contributed by atoms with Crippen LogP contribution in [0.2, 0.25) is 0 Å². The number of hydrogen-bond donors (Lipinski definition) is 2. The molecule has 1 unspecified atom stereocenters. The Hall–Kier alpha value is -2.41. The molecule has 6 nitrogen and oxygen atoms in total. The van der Waals surface area contributed by atoms with Crippen molar-refractivity contribution in [3.8, 4) is 0 Å². The van der Waals surface area contributed by atoms with Crippen LogP contribution in [0, 0.1) is 13.8 Å². The van der Waals surface area contributed by atoms with Crippen LogP contribution < -0.4 is 10.6 Å². The Labute approximate surface area is 145 Å². The van der Waals surface area contributed by atoms with Gasteiger partial charge < -0.3 is 10.6 Å². The number of nitrogens with zero attached hydrogens (tertiary/aromatic N) is 2. The average molecular weight is 344 g/mol. The molecule has 0 aliphatic rings. The molecule has 7 heteroatoms. The molecule has 126 valence electrons. The van der Waals surface area contributed by atoms with Crippen LogP contribution in [-0.4, -0.2) is 27.0 Å². The zero-order valence-electron chi connectivity index (χ0n) is 14.1. The van der Waals surface area contributed by atoms with E-state index in [4.69, 9.17) is 0 Å². The smallest absolute Gasteiger partial charge is 0.237 e. The predicted molar refractivity (Wildman–Crippen MR) is 96.2 cm³/mol. The lowest BCUT2D eigenvalue weighted by Gasteiger charge is -2.12. The molecule has 0 saturated heterocycles. The number of carbonyl (C=O) groups excluding carboxylic acids is 2. The Bertz CT molecular complexity index is 744. The summed E-state index contributed by atoms with van der Waals surface area (Å²) in [5.41, 5.74) is 3.01. The van der Waals surface area contributed by atoms with Gasteiger partial charge in [-0.25, -0.2) is 9.97 Å². The number of amides is 2. The van der Waals surface area contributed by atoms with Crippen LogP contribution in [0.1, 0.15) is 25.2 Å². The van der Waals surface area contributed by atoms with Gasteiger partial charge in [0.2, 0.25) is 11.8 Å². The van der Waals surface area contributed by atoms with Gasteiger partial charge in [-0.2, -0.15) is 0 Å². The number of rotatable bonds is 5. The molecule has 0 fully saturated rings. The molecule has 0 bridgehead atoms. The summed E-state index contributed by atoms with van der Waals surface area (Å²) >= 11 is 1.31. The number of nitrogens with one attached hydrogen (secondary N) is 2. The van der Waals surface area contributed by atoms with Crippen LogP contribution in [0.5, 0.6) is 0 Å². The van der Waals surface area contributed by atoms with E-state index in [2.05, 4.69) is 20.6 Å². The van der Waals surface area contributed by atoms with Gasteiger partial charge in [0.05, 0.1) is 5.25 Å². The SMILES string of the molecule is CC(=O)Nc1cccc(NC(=O)C(C)Sc2nc(C)cc(C)n2)c1. The minimum Gasteiger partial charge on any atom is -0.326 e. The van der Waals surface area contributed by atoms with Gasteiger partial charge >= 0.3 is 0 Å². The maximum atomic E-state index is 12.3. The minimum atomic E-state index is -0.351. The molecule has 2 rings (SSSR count). The minimum absolute atomic E-state index is 0.150. The third-order valence-electron chi connectivity index (χ3n) is 3.06. The Morgan fingerprint density at radius 2 is 1.62 bits per heavy atom. The maximum absolute atomic E-state index is 12.3. The lowest BCUT2D eigenvalue weighted by Crippen LogP contribution is -2.22. The highest BCUT2D eigenvalue weighted by Gasteiger charge is 2.16. The maximum Gasteiger partial charge on any atom is 0.237 e. The zero-order chi connectivity index (χ0) is 17.7. The molecule has 1 atom stereocenters. The van der Waals surface area contributed by atoms with Gasteiger partial charge in [0.1, 0.15) is 0 Å². The molecule has 1 heterocycles. The van der Waals surface area contributed by atoms with Gasteiger partial charge in [0, 0.05) is 29.7 Å². The summed E-state index contributed by atoms with van der Waals surface area (Å²) in [5.74, 6) is -0.308. The molecule has 0 spiro atoms. The van der Waals surface area contributed by atoms with Crippen LogP contribution in [0.3, 0.4) is 0 Å². The van der Waals surface area contributed by atoms with Crippen LogP contribution >= 0.6 is 11.8 Å². The average Bonchev–Trinajstić information content (AvgIpc) is 2.45. The van der Waals surface area contributed by atoms with Crippen molar-refractivity contribution in [3.05, 3.63) is 41.7 Å². The van der Waals surface area contributed by atoms with Crippen molar-refractivity contribution in [2.75, 3.05) is 10.6 Å². The molecule has 24 heavy (non-hydrogen) atoms. The Morgan fingerprint density at radius 3 is 2.21 bits per heavy atom.